The van der Waals surface area contributed by atoms with Crippen molar-refractivity contribution in [2.75, 3.05) is 5.32 Å². The first kappa shape index (κ1) is 16.6. The van der Waals surface area contributed by atoms with Gasteiger partial charge in [0.05, 0.1) is 22.8 Å². The topological polar surface area (TPSA) is 84.7 Å². The molecule has 5 rings (SSSR count). The second-order valence-electron chi connectivity index (χ2n) is 6.84. The lowest BCUT2D eigenvalue weighted by molar-refractivity contribution is 0.102. The number of carbonyl (C=O) groups excluding carboxylic acids is 1. The van der Waals surface area contributed by atoms with Crippen LogP contribution in [0.5, 0.6) is 0 Å². The van der Waals surface area contributed by atoms with Crippen molar-refractivity contribution >= 4 is 22.6 Å². The van der Waals surface area contributed by atoms with Crippen molar-refractivity contribution in [1.82, 2.24) is 25.1 Å². The first-order valence-electron chi connectivity index (χ1n) is 9.06. The summed E-state index contributed by atoms with van der Waals surface area (Å²) in [7, 11) is 1.82. The highest BCUT2D eigenvalue weighted by atomic mass is 16.1. The molecule has 3 aromatic heterocycles. The number of aromatic nitrogens is 4. The smallest absolute Gasteiger partial charge is 0.256 e. The van der Waals surface area contributed by atoms with Gasteiger partial charge in [0.25, 0.3) is 5.91 Å². The minimum atomic E-state index is -0.184. The standard InChI is InChI=1S/C21H18N6O/c1-27-20-18(12-24-27)17(8-19(26-20)14-3-2-6-22-10-14)21(28)25-16-5-4-13-9-23-11-15(13)7-16/h2-8,10,12,23H,9,11H2,1H3,(H,25,28). The van der Waals surface area contributed by atoms with Crippen molar-refractivity contribution in [2.45, 2.75) is 13.1 Å². The quantitative estimate of drug-likeness (QED) is 0.579. The molecule has 7 heteroatoms. The van der Waals surface area contributed by atoms with Gasteiger partial charge in [-0.05, 0) is 41.5 Å². The highest BCUT2D eigenvalue weighted by Gasteiger charge is 2.18. The number of carbonyl (C=O) groups is 1. The molecule has 0 atom stereocenters. The largest absolute Gasteiger partial charge is 0.322 e. The Labute approximate surface area is 161 Å². The van der Waals surface area contributed by atoms with Crippen molar-refractivity contribution < 1.29 is 4.79 Å². The molecule has 7 nitrogen and oxygen atoms in total. The van der Waals surface area contributed by atoms with Crippen LogP contribution >= 0.6 is 0 Å². The minimum Gasteiger partial charge on any atom is -0.322 e. The molecule has 0 radical (unpaired) electrons. The average molecular weight is 370 g/mol. The molecular weight excluding hydrogens is 352 g/mol. The van der Waals surface area contributed by atoms with Gasteiger partial charge in [-0.3, -0.25) is 14.5 Å². The maximum atomic E-state index is 13.1. The van der Waals surface area contributed by atoms with Gasteiger partial charge in [0.1, 0.15) is 0 Å². The molecule has 0 fully saturated rings. The second-order valence-corrected chi connectivity index (χ2v) is 6.84. The summed E-state index contributed by atoms with van der Waals surface area (Å²) in [6.45, 7) is 1.70. The number of anilines is 1. The Balaban J connectivity index is 1.56. The summed E-state index contributed by atoms with van der Waals surface area (Å²) in [4.78, 5) is 21.9. The van der Waals surface area contributed by atoms with E-state index >= 15 is 0 Å². The lowest BCUT2D eigenvalue weighted by Crippen LogP contribution is -2.13. The van der Waals surface area contributed by atoms with E-state index in [1.807, 2.05) is 31.3 Å². The van der Waals surface area contributed by atoms with Crippen LogP contribution in [0.1, 0.15) is 21.5 Å². The highest BCUT2D eigenvalue weighted by molar-refractivity contribution is 6.12. The molecule has 0 aliphatic carbocycles. The van der Waals surface area contributed by atoms with E-state index in [-0.39, 0.29) is 5.91 Å². The number of nitrogens with one attached hydrogen (secondary N) is 2. The van der Waals surface area contributed by atoms with Crippen LogP contribution in [-0.4, -0.2) is 25.7 Å². The summed E-state index contributed by atoms with van der Waals surface area (Å²) in [6, 6.07) is 11.6. The molecule has 4 aromatic rings. The maximum absolute atomic E-state index is 13.1. The average Bonchev–Trinajstić information content (AvgIpc) is 3.34. The summed E-state index contributed by atoms with van der Waals surface area (Å²) >= 11 is 0. The normalized spacial score (nSPS) is 12.9. The number of pyridine rings is 2. The Morgan fingerprint density at radius 2 is 2.04 bits per heavy atom. The molecule has 1 amide bonds. The summed E-state index contributed by atoms with van der Waals surface area (Å²) in [5.74, 6) is -0.184. The molecule has 0 bridgehead atoms. The fourth-order valence-electron chi connectivity index (χ4n) is 3.54. The van der Waals surface area contributed by atoms with Gasteiger partial charge >= 0.3 is 0 Å². The number of rotatable bonds is 3. The van der Waals surface area contributed by atoms with E-state index in [2.05, 4.69) is 31.8 Å². The van der Waals surface area contributed by atoms with Crippen LogP contribution in [0.3, 0.4) is 0 Å². The third-order valence-electron chi connectivity index (χ3n) is 5.00. The zero-order chi connectivity index (χ0) is 19.1. The van der Waals surface area contributed by atoms with Gasteiger partial charge in [-0.2, -0.15) is 5.10 Å². The zero-order valence-corrected chi connectivity index (χ0v) is 15.3. The van der Waals surface area contributed by atoms with Crippen LogP contribution in [0.2, 0.25) is 0 Å². The Morgan fingerprint density at radius 1 is 1.14 bits per heavy atom. The molecule has 0 unspecified atom stereocenters. The van der Waals surface area contributed by atoms with E-state index in [4.69, 9.17) is 0 Å². The Kier molecular flexibility index (Phi) is 3.87. The van der Waals surface area contributed by atoms with E-state index < -0.39 is 0 Å². The summed E-state index contributed by atoms with van der Waals surface area (Å²) in [5.41, 5.74) is 6.01. The molecule has 138 valence electrons. The van der Waals surface area contributed by atoms with Crippen molar-refractivity contribution in [1.29, 1.82) is 0 Å². The summed E-state index contributed by atoms with van der Waals surface area (Å²) in [6.07, 6.45) is 5.12. The van der Waals surface area contributed by atoms with Gasteiger partial charge in [0.15, 0.2) is 5.65 Å². The van der Waals surface area contributed by atoms with Crippen LogP contribution in [0.15, 0.2) is 55.0 Å². The molecule has 1 aliphatic rings. The monoisotopic (exact) mass is 370 g/mol. The zero-order valence-electron chi connectivity index (χ0n) is 15.3. The number of nitrogens with zero attached hydrogens (tertiary/aromatic N) is 4. The lowest BCUT2D eigenvalue weighted by Gasteiger charge is -2.10. The van der Waals surface area contributed by atoms with Crippen LogP contribution in [-0.2, 0) is 20.1 Å². The van der Waals surface area contributed by atoms with E-state index in [1.54, 1.807) is 29.3 Å². The number of amides is 1. The molecular formula is C21H18N6O. The fourth-order valence-corrected chi connectivity index (χ4v) is 3.54. The van der Waals surface area contributed by atoms with Gasteiger partial charge in [-0.1, -0.05) is 6.07 Å². The molecule has 0 spiro atoms. The van der Waals surface area contributed by atoms with Crippen molar-refractivity contribution in [3.05, 3.63) is 71.7 Å². The van der Waals surface area contributed by atoms with E-state index in [9.17, 15) is 4.79 Å². The minimum absolute atomic E-state index is 0.184. The van der Waals surface area contributed by atoms with Crippen LogP contribution in [0.25, 0.3) is 22.3 Å². The van der Waals surface area contributed by atoms with Gasteiger partial charge in [-0.15, -0.1) is 0 Å². The first-order valence-corrected chi connectivity index (χ1v) is 9.06. The lowest BCUT2D eigenvalue weighted by atomic mass is 10.1. The number of hydrogen-bond donors (Lipinski definition) is 2. The number of hydrogen-bond acceptors (Lipinski definition) is 5. The Bertz CT molecular complexity index is 1200. The van der Waals surface area contributed by atoms with Crippen LogP contribution in [0.4, 0.5) is 5.69 Å². The first-order chi connectivity index (χ1) is 13.7. The van der Waals surface area contributed by atoms with Gasteiger partial charge < -0.3 is 10.6 Å². The summed E-state index contributed by atoms with van der Waals surface area (Å²) < 4.78 is 1.67. The molecule has 0 saturated carbocycles. The Morgan fingerprint density at radius 3 is 2.89 bits per heavy atom. The third kappa shape index (κ3) is 2.82. The van der Waals surface area contributed by atoms with Crippen molar-refractivity contribution in [3.8, 4) is 11.3 Å². The molecule has 28 heavy (non-hydrogen) atoms. The van der Waals surface area contributed by atoms with E-state index in [1.165, 1.54) is 11.1 Å². The van der Waals surface area contributed by atoms with Crippen LogP contribution in [0, 0.1) is 0 Å². The molecule has 1 aliphatic heterocycles. The predicted molar refractivity (Wildman–Crippen MR) is 107 cm³/mol. The van der Waals surface area contributed by atoms with E-state index in [0.717, 1.165) is 29.7 Å². The van der Waals surface area contributed by atoms with Gasteiger partial charge in [-0.25, -0.2) is 4.98 Å². The number of aryl methyl sites for hydroxylation is 1. The van der Waals surface area contributed by atoms with Crippen LogP contribution < -0.4 is 10.6 Å². The second kappa shape index (κ2) is 6.54. The maximum Gasteiger partial charge on any atom is 0.256 e. The number of fused-ring (bicyclic) bond motifs is 2. The molecule has 2 N–H and O–H groups in total. The van der Waals surface area contributed by atoms with Crippen molar-refractivity contribution in [3.63, 3.8) is 0 Å². The predicted octanol–water partition coefficient (Wildman–Crippen LogP) is 2.89. The Hall–Kier alpha value is -3.58. The number of benzene rings is 1. The SMILES string of the molecule is Cn1ncc2c(C(=O)Nc3ccc4c(c3)CNC4)cc(-c3cccnc3)nc21. The summed E-state index contributed by atoms with van der Waals surface area (Å²) in [5, 5.41) is 11.3. The fraction of sp³-hybridized carbons (Fsp3) is 0.143. The molecule has 4 heterocycles. The van der Waals surface area contributed by atoms with Crippen molar-refractivity contribution in [2.24, 2.45) is 7.05 Å². The van der Waals surface area contributed by atoms with Gasteiger partial charge in [0.2, 0.25) is 0 Å². The van der Waals surface area contributed by atoms with Gasteiger partial charge in [0, 0.05) is 43.8 Å². The molecule has 0 saturated heterocycles. The molecule has 1 aromatic carbocycles. The highest BCUT2D eigenvalue weighted by Crippen LogP contribution is 2.26. The van der Waals surface area contributed by atoms with E-state index in [0.29, 0.717) is 16.9 Å². The third-order valence-corrected chi connectivity index (χ3v) is 5.00.